The van der Waals surface area contributed by atoms with Crippen LogP contribution in [-0.4, -0.2) is 10.2 Å². The molecule has 3 N–H and O–H groups in total. The van der Waals surface area contributed by atoms with Crippen molar-refractivity contribution in [2.24, 2.45) is 0 Å². The van der Waals surface area contributed by atoms with E-state index in [1.807, 2.05) is 0 Å². The molecule has 2 aromatic rings. The first-order valence-corrected chi connectivity index (χ1v) is 5.46. The largest absolute Gasteiger partial charge is 0.381 e. The molecule has 0 amide bonds. The third-order valence-corrected chi connectivity index (χ3v) is 3.33. The second-order valence-corrected chi connectivity index (χ2v) is 4.39. The fourth-order valence-corrected chi connectivity index (χ4v) is 1.84. The number of aromatic nitrogens is 2. The molecular weight excluding hydrogens is 254 g/mol. The number of benzene rings is 1. The SMILES string of the molecule is Cc1ccc(-c2[nH]nc(N)c2Br)cc1C. The summed E-state index contributed by atoms with van der Waals surface area (Å²) < 4.78 is 0.825. The van der Waals surface area contributed by atoms with Gasteiger partial charge in [0.15, 0.2) is 5.82 Å². The van der Waals surface area contributed by atoms with Crippen molar-refractivity contribution in [3.63, 3.8) is 0 Å². The number of halogens is 1. The van der Waals surface area contributed by atoms with Crippen molar-refractivity contribution >= 4 is 21.7 Å². The van der Waals surface area contributed by atoms with Crippen LogP contribution < -0.4 is 5.73 Å². The highest BCUT2D eigenvalue weighted by Crippen LogP contribution is 2.30. The number of nitrogens with one attached hydrogen (secondary N) is 1. The average Bonchev–Trinajstić information content (AvgIpc) is 2.53. The third kappa shape index (κ3) is 1.77. The lowest BCUT2D eigenvalue weighted by molar-refractivity contribution is 1.10. The van der Waals surface area contributed by atoms with Crippen molar-refractivity contribution in [1.29, 1.82) is 0 Å². The predicted octanol–water partition coefficient (Wildman–Crippen LogP) is 3.04. The van der Waals surface area contributed by atoms with Gasteiger partial charge in [-0.15, -0.1) is 0 Å². The maximum Gasteiger partial charge on any atom is 0.160 e. The number of anilines is 1. The van der Waals surface area contributed by atoms with Crippen LogP contribution in [0.15, 0.2) is 22.7 Å². The Labute approximate surface area is 96.8 Å². The molecule has 0 radical (unpaired) electrons. The Morgan fingerprint density at radius 3 is 2.53 bits per heavy atom. The molecule has 0 spiro atoms. The van der Waals surface area contributed by atoms with Crippen LogP contribution in [-0.2, 0) is 0 Å². The number of hydrogen-bond donors (Lipinski definition) is 2. The number of hydrogen-bond acceptors (Lipinski definition) is 2. The number of nitrogen functional groups attached to an aromatic ring is 1. The van der Waals surface area contributed by atoms with Gasteiger partial charge in [-0.3, -0.25) is 5.10 Å². The standard InChI is InChI=1S/C11H12BrN3/c1-6-3-4-8(5-7(6)2)10-9(12)11(13)15-14-10/h3-5H,1-2H3,(H3,13,14,15). The van der Waals surface area contributed by atoms with Gasteiger partial charge in [0.1, 0.15) is 0 Å². The lowest BCUT2D eigenvalue weighted by Gasteiger charge is -2.03. The second kappa shape index (κ2) is 3.70. The zero-order valence-electron chi connectivity index (χ0n) is 8.63. The predicted molar refractivity (Wildman–Crippen MR) is 65.6 cm³/mol. The van der Waals surface area contributed by atoms with Crippen molar-refractivity contribution in [1.82, 2.24) is 10.2 Å². The Hall–Kier alpha value is -1.29. The van der Waals surface area contributed by atoms with Gasteiger partial charge < -0.3 is 5.73 Å². The van der Waals surface area contributed by atoms with Gasteiger partial charge in [0, 0.05) is 5.56 Å². The lowest BCUT2D eigenvalue weighted by atomic mass is 10.0. The van der Waals surface area contributed by atoms with E-state index in [0.717, 1.165) is 15.7 Å². The van der Waals surface area contributed by atoms with E-state index in [9.17, 15) is 0 Å². The van der Waals surface area contributed by atoms with Crippen LogP contribution in [0.2, 0.25) is 0 Å². The molecule has 1 aromatic heterocycles. The molecule has 0 unspecified atom stereocenters. The zero-order chi connectivity index (χ0) is 11.0. The molecule has 3 nitrogen and oxygen atoms in total. The molecule has 0 bridgehead atoms. The van der Waals surface area contributed by atoms with Crippen molar-refractivity contribution in [2.75, 3.05) is 5.73 Å². The van der Waals surface area contributed by atoms with E-state index in [0.29, 0.717) is 5.82 Å². The normalized spacial score (nSPS) is 10.6. The van der Waals surface area contributed by atoms with Crippen LogP contribution in [0.4, 0.5) is 5.82 Å². The van der Waals surface area contributed by atoms with Gasteiger partial charge in [-0.05, 0) is 47.0 Å². The fraction of sp³-hybridized carbons (Fsp3) is 0.182. The summed E-state index contributed by atoms with van der Waals surface area (Å²) in [5, 5.41) is 6.87. The number of rotatable bonds is 1. The average molecular weight is 266 g/mol. The maximum absolute atomic E-state index is 5.66. The number of aryl methyl sites for hydroxylation is 2. The summed E-state index contributed by atoms with van der Waals surface area (Å²) in [6.07, 6.45) is 0. The van der Waals surface area contributed by atoms with Gasteiger partial charge in [-0.25, -0.2) is 0 Å². The van der Waals surface area contributed by atoms with Crippen LogP contribution in [0.5, 0.6) is 0 Å². The molecule has 1 aromatic carbocycles. The molecule has 0 aliphatic carbocycles. The molecule has 0 fully saturated rings. The Morgan fingerprint density at radius 2 is 2.00 bits per heavy atom. The van der Waals surface area contributed by atoms with E-state index < -0.39 is 0 Å². The quantitative estimate of drug-likeness (QED) is 0.833. The highest BCUT2D eigenvalue weighted by atomic mass is 79.9. The second-order valence-electron chi connectivity index (χ2n) is 3.60. The van der Waals surface area contributed by atoms with Crippen molar-refractivity contribution < 1.29 is 0 Å². The molecule has 15 heavy (non-hydrogen) atoms. The van der Waals surface area contributed by atoms with E-state index in [-0.39, 0.29) is 0 Å². The highest BCUT2D eigenvalue weighted by Gasteiger charge is 2.09. The topological polar surface area (TPSA) is 54.7 Å². The molecule has 2 rings (SSSR count). The molecule has 0 aliphatic heterocycles. The van der Waals surface area contributed by atoms with Crippen LogP contribution in [0.3, 0.4) is 0 Å². The Bertz CT molecular complexity index is 503. The molecular formula is C11H12BrN3. The summed E-state index contributed by atoms with van der Waals surface area (Å²) in [6.45, 7) is 4.18. The van der Waals surface area contributed by atoms with Gasteiger partial charge >= 0.3 is 0 Å². The third-order valence-electron chi connectivity index (χ3n) is 2.53. The van der Waals surface area contributed by atoms with Gasteiger partial charge in [-0.1, -0.05) is 12.1 Å². The molecule has 0 saturated carbocycles. The minimum Gasteiger partial charge on any atom is -0.381 e. The summed E-state index contributed by atoms with van der Waals surface area (Å²) in [5.41, 5.74) is 10.2. The first kappa shape index (κ1) is 10.2. The highest BCUT2D eigenvalue weighted by molar-refractivity contribution is 9.10. The summed E-state index contributed by atoms with van der Waals surface area (Å²) >= 11 is 3.41. The van der Waals surface area contributed by atoms with Crippen molar-refractivity contribution in [2.45, 2.75) is 13.8 Å². The van der Waals surface area contributed by atoms with Crippen LogP contribution >= 0.6 is 15.9 Å². The monoisotopic (exact) mass is 265 g/mol. The molecule has 0 atom stereocenters. The Morgan fingerprint density at radius 1 is 1.27 bits per heavy atom. The van der Waals surface area contributed by atoms with E-state index in [4.69, 9.17) is 5.73 Å². The lowest BCUT2D eigenvalue weighted by Crippen LogP contribution is -1.85. The number of nitrogens with zero attached hydrogens (tertiary/aromatic N) is 1. The minimum atomic E-state index is 0.489. The molecule has 0 aliphatic rings. The minimum absolute atomic E-state index is 0.489. The molecule has 78 valence electrons. The Balaban J connectivity index is 2.55. The first-order valence-electron chi connectivity index (χ1n) is 4.66. The summed E-state index contributed by atoms with van der Waals surface area (Å²) in [6, 6.07) is 6.27. The van der Waals surface area contributed by atoms with E-state index in [1.165, 1.54) is 11.1 Å². The Kier molecular flexibility index (Phi) is 2.52. The zero-order valence-corrected chi connectivity index (χ0v) is 10.2. The van der Waals surface area contributed by atoms with Crippen LogP contribution in [0.25, 0.3) is 11.3 Å². The number of aromatic amines is 1. The number of H-pyrrole nitrogens is 1. The maximum atomic E-state index is 5.66. The van der Waals surface area contributed by atoms with Gasteiger partial charge in [0.05, 0.1) is 10.2 Å². The van der Waals surface area contributed by atoms with Gasteiger partial charge in [-0.2, -0.15) is 5.10 Å². The molecule has 4 heteroatoms. The van der Waals surface area contributed by atoms with Crippen molar-refractivity contribution in [3.8, 4) is 11.3 Å². The van der Waals surface area contributed by atoms with Crippen LogP contribution in [0, 0.1) is 13.8 Å². The van der Waals surface area contributed by atoms with E-state index >= 15 is 0 Å². The summed E-state index contributed by atoms with van der Waals surface area (Å²) in [7, 11) is 0. The van der Waals surface area contributed by atoms with Gasteiger partial charge in [0.2, 0.25) is 0 Å². The van der Waals surface area contributed by atoms with E-state index in [2.05, 4.69) is 58.2 Å². The molecule has 1 heterocycles. The summed E-state index contributed by atoms with van der Waals surface area (Å²) in [4.78, 5) is 0. The smallest absolute Gasteiger partial charge is 0.160 e. The fourth-order valence-electron chi connectivity index (χ4n) is 1.43. The summed E-state index contributed by atoms with van der Waals surface area (Å²) in [5.74, 6) is 0.489. The first-order chi connectivity index (χ1) is 7.09. The van der Waals surface area contributed by atoms with Gasteiger partial charge in [0.25, 0.3) is 0 Å². The number of nitrogens with two attached hydrogens (primary N) is 1. The molecule has 0 saturated heterocycles. The van der Waals surface area contributed by atoms with E-state index in [1.54, 1.807) is 0 Å². The van der Waals surface area contributed by atoms with Crippen LogP contribution in [0.1, 0.15) is 11.1 Å². The van der Waals surface area contributed by atoms with Crippen molar-refractivity contribution in [3.05, 3.63) is 33.8 Å².